The van der Waals surface area contributed by atoms with Crippen LogP contribution >= 0.6 is 0 Å². The summed E-state index contributed by atoms with van der Waals surface area (Å²) in [6.45, 7) is 7.30. The molecule has 1 N–H and O–H groups in total. The van der Waals surface area contributed by atoms with Gasteiger partial charge in [0.2, 0.25) is 15.9 Å². The van der Waals surface area contributed by atoms with E-state index in [2.05, 4.69) is 10.2 Å². The number of hydrogen-bond donors (Lipinski definition) is 1. The summed E-state index contributed by atoms with van der Waals surface area (Å²) in [6.07, 6.45) is 1.80. The van der Waals surface area contributed by atoms with Crippen LogP contribution in [0.4, 0.5) is 0 Å². The number of hydrogen-bond acceptors (Lipinski definition) is 7. The van der Waals surface area contributed by atoms with E-state index in [0.29, 0.717) is 45.6 Å². The quantitative estimate of drug-likeness (QED) is 0.462. The standard InChI is InChI=1S/C23H38N4O5S/c1-31-22-6-3-21(4-7-22)5-8-23(28)26(12-2-11-25-15-18-32-19-16-25)17-20-33(29,30)27-13-9-24-10-14-27/h3-4,6-7,24H,2,5,8-20H2,1H3. The molecule has 1 amide bonds. The zero-order valence-corrected chi connectivity index (χ0v) is 20.5. The second-order valence-corrected chi connectivity index (χ2v) is 10.6. The molecule has 1 aromatic rings. The first-order valence-electron chi connectivity index (χ1n) is 11.9. The van der Waals surface area contributed by atoms with E-state index in [-0.39, 0.29) is 18.2 Å². The zero-order chi connectivity index (χ0) is 23.5. The van der Waals surface area contributed by atoms with E-state index in [1.54, 1.807) is 12.0 Å². The van der Waals surface area contributed by atoms with Crippen LogP contribution in [-0.2, 0) is 26.0 Å². The third kappa shape index (κ3) is 8.53. The molecule has 9 nitrogen and oxygen atoms in total. The van der Waals surface area contributed by atoms with E-state index in [9.17, 15) is 13.2 Å². The van der Waals surface area contributed by atoms with E-state index in [1.807, 2.05) is 24.3 Å². The predicted octanol–water partition coefficient (Wildman–Crippen LogP) is 0.414. The van der Waals surface area contributed by atoms with E-state index < -0.39 is 10.0 Å². The lowest BCUT2D eigenvalue weighted by molar-refractivity contribution is -0.131. The highest BCUT2D eigenvalue weighted by Gasteiger charge is 2.25. The van der Waals surface area contributed by atoms with Crippen LogP contribution < -0.4 is 10.1 Å². The number of morpholine rings is 1. The molecule has 2 saturated heterocycles. The normalized spacial score (nSPS) is 18.2. The first kappa shape index (κ1) is 25.9. The zero-order valence-electron chi connectivity index (χ0n) is 19.7. The molecule has 0 unspecified atom stereocenters. The van der Waals surface area contributed by atoms with Crippen LogP contribution in [0.1, 0.15) is 18.4 Å². The largest absolute Gasteiger partial charge is 0.497 e. The van der Waals surface area contributed by atoms with E-state index in [1.165, 1.54) is 4.31 Å². The van der Waals surface area contributed by atoms with Crippen LogP contribution in [0, 0.1) is 0 Å². The number of carbonyl (C=O) groups is 1. The Bertz CT molecular complexity index is 822. The van der Waals surface area contributed by atoms with Gasteiger partial charge in [-0.05, 0) is 30.5 Å². The fourth-order valence-electron chi connectivity index (χ4n) is 4.15. The molecule has 0 spiro atoms. The number of nitrogens with zero attached hydrogens (tertiary/aromatic N) is 3. The first-order valence-corrected chi connectivity index (χ1v) is 13.5. The van der Waals surface area contributed by atoms with Crippen molar-refractivity contribution in [3.8, 4) is 5.75 Å². The Morgan fingerprint density at radius 3 is 2.45 bits per heavy atom. The monoisotopic (exact) mass is 482 g/mol. The van der Waals surface area contributed by atoms with E-state index >= 15 is 0 Å². The lowest BCUT2D eigenvalue weighted by Gasteiger charge is -2.30. The average molecular weight is 483 g/mol. The number of aryl methyl sites for hydroxylation is 1. The number of nitrogens with one attached hydrogen (secondary N) is 1. The van der Waals surface area contributed by atoms with Crippen LogP contribution in [0.2, 0.25) is 0 Å². The molecule has 2 heterocycles. The molecule has 0 aromatic heterocycles. The van der Waals surface area contributed by atoms with Gasteiger partial charge in [-0.2, -0.15) is 4.31 Å². The summed E-state index contributed by atoms with van der Waals surface area (Å²) < 4.78 is 37.7. The van der Waals surface area contributed by atoms with Crippen molar-refractivity contribution in [2.24, 2.45) is 0 Å². The van der Waals surface area contributed by atoms with Gasteiger partial charge in [-0.1, -0.05) is 12.1 Å². The Morgan fingerprint density at radius 1 is 1.09 bits per heavy atom. The molecule has 0 aliphatic carbocycles. The Morgan fingerprint density at radius 2 is 1.79 bits per heavy atom. The number of methoxy groups -OCH3 is 1. The van der Waals surface area contributed by atoms with Crippen molar-refractivity contribution in [3.63, 3.8) is 0 Å². The fraction of sp³-hybridized carbons (Fsp3) is 0.696. The van der Waals surface area contributed by atoms with Gasteiger partial charge in [-0.3, -0.25) is 9.69 Å². The van der Waals surface area contributed by atoms with Crippen molar-refractivity contribution in [1.29, 1.82) is 0 Å². The maximum atomic E-state index is 13.1. The maximum absolute atomic E-state index is 13.1. The van der Waals surface area contributed by atoms with Crippen molar-refractivity contribution in [2.45, 2.75) is 19.3 Å². The predicted molar refractivity (Wildman–Crippen MR) is 128 cm³/mol. The Balaban J connectivity index is 1.54. The summed E-state index contributed by atoms with van der Waals surface area (Å²) in [4.78, 5) is 17.1. The SMILES string of the molecule is COc1ccc(CCC(=O)N(CCCN2CCOCC2)CCS(=O)(=O)N2CCNCC2)cc1. The van der Waals surface area contributed by atoms with Gasteiger partial charge in [-0.25, -0.2) is 8.42 Å². The van der Waals surface area contributed by atoms with Gasteiger partial charge in [-0.15, -0.1) is 0 Å². The molecule has 33 heavy (non-hydrogen) atoms. The van der Waals surface area contributed by atoms with Crippen molar-refractivity contribution in [2.75, 3.05) is 85.0 Å². The topological polar surface area (TPSA) is 91.4 Å². The van der Waals surface area contributed by atoms with Gasteiger partial charge < -0.3 is 19.7 Å². The Labute approximate surface area is 198 Å². The van der Waals surface area contributed by atoms with Gasteiger partial charge in [0.25, 0.3) is 0 Å². The Kier molecular flexibility index (Phi) is 10.4. The maximum Gasteiger partial charge on any atom is 0.222 e. The number of rotatable bonds is 12. The van der Waals surface area contributed by atoms with Crippen LogP contribution in [0.5, 0.6) is 5.75 Å². The summed E-state index contributed by atoms with van der Waals surface area (Å²) in [5.41, 5.74) is 1.06. The smallest absolute Gasteiger partial charge is 0.222 e. The second-order valence-electron chi connectivity index (χ2n) is 8.50. The third-order valence-corrected chi connectivity index (χ3v) is 8.08. The van der Waals surface area contributed by atoms with Gasteiger partial charge in [0.05, 0.1) is 26.1 Å². The Hall–Kier alpha value is -1.72. The average Bonchev–Trinajstić information content (AvgIpc) is 2.86. The number of benzene rings is 1. The minimum absolute atomic E-state index is 0.00306. The highest BCUT2D eigenvalue weighted by molar-refractivity contribution is 7.89. The van der Waals surface area contributed by atoms with Gasteiger partial charge in [0.1, 0.15) is 5.75 Å². The number of sulfonamides is 1. The number of piperazine rings is 1. The highest BCUT2D eigenvalue weighted by Crippen LogP contribution is 2.14. The molecule has 0 saturated carbocycles. The molecule has 2 aliphatic rings. The molecule has 2 aliphatic heterocycles. The fourth-order valence-corrected chi connectivity index (χ4v) is 5.60. The van der Waals surface area contributed by atoms with E-state index in [0.717, 1.165) is 50.6 Å². The van der Waals surface area contributed by atoms with Crippen LogP contribution in [0.25, 0.3) is 0 Å². The van der Waals surface area contributed by atoms with Crippen molar-refractivity contribution >= 4 is 15.9 Å². The summed E-state index contributed by atoms with van der Waals surface area (Å²) >= 11 is 0. The third-order valence-electron chi connectivity index (χ3n) is 6.23. The number of amides is 1. The minimum atomic E-state index is -3.37. The molecule has 0 atom stereocenters. The lowest BCUT2D eigenvalue weighted by atomic mass is 10.1. The first-order chi connectivity index (χ1) is 16.0. The van der Waals surface area contributed by atoms with Gasteiger partial charge >= 0.3 is 0 Å². The minimum Gasteiger partial charge on any atom is -0.497 e. The van der Waals surface area contributed by atoms with Crippen LogP contribution in [-0.4, -0.2) is 113 Å². The lowest BCUT2D eigenvalue weighted by Crippen LogP contribution is -2.48. The van der Waals surface area contributed by atoms with Crippen LogP contribution in [0.3, 0.4) is 0 Å². The molecule has 3 rings (SSSR count). The van der Waals surface area contributed by atoms with E-state index in [4.69, 9.17) is 9.47 Å². The van der Waals surface area contributed by atoms with Crippen LogP contribution in [0.15, 0.2) is 24.3 Å². The molecule has 1 aromatic carbocycles. The molecule has 2 fully saturated rings. The number of ether oxygens (including phenoxy) is 2. The second kappa shape index (κ2) is 13.2. The molecule has 0 bridgehead atoms. The summed E-state index contributed by atoms with van der Waals surface area (Å²) in [5.74, 6) is 0.759. The van der Waals surface area contributed by atoms with Gasteiger partial charge in [0, 0.05) is 65.3 Å². The molecule has 10 heteroatoms. The highest BCUT2D eigenvalue weighted by atomic mass is 32.2. The molecule has 0 radical (unpaired) electrons. The molecular formula is C23H38N4O5S. The van der Waals surface area contributed by atoms with Crippen molar-refractivity contribution in [3.05, 3.63) is 29.8 Å². The summed E-state index contributed by atoms with van der Waals surface area (Å²) in [7, 11) is -1.75. The van der Waals surface area contributed by atoms with Crippen molar-refractivity contribution < 1.29 is 22.7 Å². The molecular weight excluding hydrogens is 444 g/mol. The van der Waals surface area contributed by atoms with Gasteiger partial charge in [0.15, 0.2) is 0 Å². The van der Waals surface area contributed by atoms with Crippen molar-refractivity contribution in [1.82, 2.24) is 19.4 Å². The number of carbonyl (C=O) groups excluding carboxylic acids is 1. The summed E-state index contributed by atoms with van der Waals surface area (Å²) in [6, 6.07) is 7.70. The summed E-state index contributed by atoms with van der Waals surface area (Å²) in [5, 5.41) is 3.18. The molecule has 186 valence electrons.